The van der Waals surface area contributed by atoms with Crippen LogP contribution in [0.15, 0.2) is 53.9 Å². The molecule has 128 valence electrons. The fourth-order valence-electron chi connectivity index (χ4n) is 3.22. The molecule has 5 nitrogen and oxygen atoms in total. The first-order chi connectivity index (χ1) is 12.3. The summed E-state index contributed by atoms with van der Waals surface area (Å²) >= 11 is 1.59. The monoisotopic (exact) mass is 351 g/mol. The number of pyridine rings is 1. The molecule has 1 fully saturated rings. The summed E-state index contributed by atoms with van der Waals surface area (Å²) in [6.45, 7) is 5.08. The predicted octanol–water partition coefficient (Wildman–Crippen LogP) is 3.07. The number of nitrogens with zero attached hydrogens (tertiary/aromatic N) is 5. The molecule has 3 aromatic rings. The standard InChI is InChI=1S/C19H21N5S/c1-25-19-21-8-6-18(22-19)24-11-9-23(10-12-24)14-15-4-5-17-16(13-15)3-2-7-20-17/h2-8,13H,9-12,14H2,1H3. The number of thioether (sulfide) groups is 1. The number of hydrogen-bond donors (Lipinski definition) is 0. The van der Waals surface area contributed by atoms with Crippen LogP contribution in [-0.4, -0.2) is 52.3 Å². The van der Waals surface area contributed by atoms with Crippen molar-refractivity contribution in [3.05, 3.63) is 54.4 Å². The van der Waals surface area contributed by atoms with Gasteiger partial charge in [-0.15, -0.1) is 0 Å². The van der Waals surface area contributed by atoms with Gasteiger partial charge in [0, 0.05) is 50.5 Å². The van der Waals surface area contributed by atoms with Crippen molar-refractivity contribution in [3.8, 4) is 0 Å². The van der Waals surface area contributed by atoms with Crippen molar-refractivity contribution in [2.24, 2.45) is 0 Å². The maximum atomic E-state index is 4.61. The summed E-state index contributed by atoms with van der Waals surface area (Å²) in [5.74, 6) is 1.04. The van der Waals surface area contributed by atoms with Crippen LogP contribution in [0.25, 0.3) is 10.9 Å². The second kappa shape index (κ2) is 7.37. The summed E-state index contributed by atoms with van der Waals surface area (Å²) in [7, 11) is 0. The minimum Gasteiger partial charge on any atom is -0.354 e. The molecule has 1 aromatic carbocycles. The molecule has 0 N–H and O–H groups in total. The van der Waals surface area contributed by atoms with Crippen molar-refractivity contribution >= 4 is 28.5 Å². The SMILES string of the molecule is CSc1nccc(N2CCN(Cc3ccc4ncccc4c3)CC2)n1. The van der Waals surface area contributed by atoms with Gasteiger partial charge in [-0.2, -0.15) is 0 Å². The van der Waals surface area contributed by atoms with E-state index in [1.165, 1.54) is 10.9 Å². The third-order valence-electron chi connectivity index (χ3n) is 4.57. The molecule has 6 heteroatoms. The number of rotatable bonds is 4. The van der Waals surface area contributed by atoms with Crippen LogP contribution < -0.4 is 4.90 Å². The second-order valence-electron chi connectivity index (χ2n) is 6.20. The van der Waals surface area contributed by atoms with Gasteiger partial charge in [0.05, 0.1) is 5.52 Å². The second-order valence-corrected chi connectivity index (χ2v) is 6.97. The van der Waals surface area contributed by atoms with E-state index >= 15 is 0 Å². The summed E-state index contributed by atoms with van der Waals surface area (Å²) in [6.07, 6.45) is 5.70. The minimum atomic E-state index is 0.838. The predicted molar refractivity (Wildman–Crippen MR) is 103 cm³/mol. The van der Waals surface area contributed by atoms with Crippen molar-refractivity contribution in [1.29, 1.82) is 0 Å². The van der Waals surface area contributed by atoms with Crippen LogP contribution in [0.4, 0.5) is 5.82 Å². The fraction of sp³-hybridized carbons (Fsp3) is 0.316. The van der Waals surface area contributed by atoms with Gasteiger partial charge in [-0.1, -0.05) is 23.9 Å². The number of fused-ring (bicyclic) bond motifs is 1. The Bertz CT molecular complexity index is 861. The Labute approximate surface area is 152 Å². The maximum Gasteiger partial charge on any atom is 0.189 e. The molecule has 0 unspecified atom stereocenters. The highest BCUT2D eigenvalue weighted by Gasteiger charge is 2.18. The normalized spacial score (nSPS) is 15.6. The van der Waals surface area contributed by atoms with Crippen LogP contribution in [-0.2, 0) is 6.54 Å². The number of piperazine rings is 1. The molecule has 0 bridgehead atoms. The van der Waals surface area contributed by atoms with Crippen LogP contribution in [0.5, 0.6) is 0 Å². The molecule has 0 aliphatic carbocycles. The molecule has 4 rings (SSSR count). The van der Waals surface area contributed by atoms with Crippen molar-refractivity contribution in [2.75, 3.05) is 37.3 Å². The van der Waals surface area contributed by atoms with Gasteiger partial charge in [0.15, 0.2) is 5.16 Å². The molecule has 2 aromatic heterocycles. The van der Waals surface area contributed by atoms with Gasteiger partial charge >= 0.3 is 0 Å². The van der Waals surface area contributed by atoms with Crippen LogP contribution in [0.3, 0.4) is 0 Å². The number of hydrogen-bond acceptors (Lipinski definition) is 6. The molecule has 0 saturated carbocycles. The van der Waals surface area contributed by atoms with Gasteiger partial charge in [-0.25, -0.2) is 9.97 Å². The van der Waals surface area contributed by atoms with Crippen molar-refractivity contribution in [1.82, 2.24) is 19.9 Å². The average molecular weight is 351 g/mol. The molecule has 0 amide bonds. The first-order valence-corrected chi connectivity index (χ1v) is 9.72. The Morgan fingerprint density at radius 1 is 1.00 bits per heavy atom. The molecule has 0 spiro atoms. The van der Waals surface area contributed by atoms with Crippen molar-refractivity contribution < 1.29 is 0 Å². The smallest absolute Gasteiger partial charge is 0.189 e. The third-order valence-corrected chi connectivity index (χ3v) is 5.13. The van der Waals surface area contributed by atoms with Crippen molar-refractivity contribution in [2.45, 2.75) is 11.7 Å². The van der Waals surface area contributed by atoms with E-state index in [-0.39, 0.29) is 0 Å². The lowest BCUT2D eigenvalue weighted by Gasteiger charge is -2.35. The molecule has 3 heterocycles. The van der Waals surface area contributed by atoms with Gasteiger partial charge in [0.25, 0.3) is 0 Å². The van der Waals surface area contributed by atoms with E-state index in [1.54, 1.807) is 11.8 Å². The summed E-state index contributed by atoms with van der Waals surface area (Å²) in [4.78, 5) is 18.1. The number of aromatic nitrogens is 3. The van der Waals surface area contributed by atoms with E-state index in [0.29, 0.717) is 0 Å². The Morgan fingerprint density at radius 3 is 2.72 bits per heavy atom. The lowest BCUT2D eigenvalue weighted by molar-refractivity contribution is 0.249. The van der Waals surface area contributed by atoms with Crippen LogP contribution in [0.2, 0.25) is 0 Å². The summed E-state index contributed by atoms with van der Waals surface area (Å²) < 4.78 is 0. The number of benzene rings is 1. The van der Waals surface area contributed by atoms with Gasteiger partial charge in [0.2, 0.25) is 0 Å². The molecular formula is C19H21N5S. The molecule has 0 radical (unpaired) electrons. The van der Waals surface area contributed by atoms with Crippen LogP contribution >= 0.6 is 11.8 Å². The lowest BCUT2D eigenvalue weighted by atomic mass is 10.1. The van der Waals surface area contributed by atoms with Crippen LogP contribution in [0.1, 0.15) is 5.56 Å². The topological polar surface area (TPSA) is 45.2 Å². The fourth-order valence-corrected chi connectivity index (χ4v) is 3.57. The molecule has 25 heavy (non-hydrogen) atoms. The first kappa shape index (κ1) is 16.3. The van der Waals surface area contributed by atoms with Gasteiger partial charge in [-0.05, 0) is 36.1 Å². The summed E-state index contributed by atoms with van der Waals surface area (Å²) in [6, 6.07) is 12.7. The lowest BCUT2D eigenvalue weighted by Crippen LogP contribution is -2.46. The van der Waals surface area contributed by atoms with E-state index in [1.807, 2.05) is 30.8 Å². The van der Waals surface area contributed by atoms with Crippen LogP contribution in [0, 0.1) is 0 Å². The largest absolute Gasteiger partial charge is 0.354 e. The molecule has 1 saturated heterocycles. The van der Waals surface area contributed by atoms with E-state index in [9.17, 15) is 0 Å². The Hall–Kier alpha value is -2.18. The zero-order chi connectivity index (χ0) is 17.1. The zero-order valence-electron chi connectivity index (χ0n) is 14.3. The first-order valence-electron chi connectivity index (χ1n) is 8.50. The highest BCUT2D eigenvalue weighted by atomic mass is 32.2. The molecular weight excluding hydrogens is 330 g/mol. The third kappa shape index (κ3) is 3.75. The Morgan fingerprint density at radius 2 is 1.88 bits per heavy atom. The van der Waals surface area contributed by atoms with E-state index in [4.69, 9.17) is 0 Å². The maximum absolute atomic E-state index is 4.61. The highest BCUT2D eigenvalue weighted by Crippen LogP contribution is 2.19. The zero-order valence-corrected chi connectivity index (χ0v) is 15.1. The minimum absolute atomic E-state index is 0.838. The van der Waals surface area contributed by atoms with E-state index in [0.717, 1.165) is 49.2 Å². The Balaban J connectivity index is 1.39. The van der Waals surface area contributed by atoms with Gasteiger partial charge in [-0.3, -0.25) is 9.88 Å². The molecule has 1 aliphatic rings. The molecule has 0 atom stereocenters. The van der Waals surface area contributed by atoms with E-state index < -0.39 is 0 Å². The number of anilines is 1. The molecule has 1 aliphatic heterocycles. The quantitative estimate of drug-likeness (QED) is 0.532. The summed E-state index contributed by atoms with van der Waals surface area (Å²) in [5, 5.41) is 2.05. The van der Waals surface area contributed by atoms with Gasteiger partial charge < -0.3 is 4.90 Å². The Kier molecular flexibility index (Phi) is 4.81. The average Bonchev–Trinajstić information content (AvgIpc) is 2.68. The van der Waals surface area contributed by atoms with Gasteiger partial charge in [0.1, 0.15) is 5.82 Å². The van der Waals surface area contributed by atoms with Crippen molar-refractivity contribution in [3.63, 3.8) is 0 Å². The van der Waals surface area contributed by atoms with E-state index in [2.05, 4.69) is 49.0 Å². The highest BCUT2D eigenvalue weighted by molar-refractivity contribution is 7.98. The summed E-state index contributed by atoms with van der Waals surface area (Å²) in [5.41, 5.74) is 2.41.